The molecule has 3 heterocycles. The summed E-state index contributed by atoms with van der Waals surface area (Å²) in [7, 11) is 5.44. The third kappa shape index (κ3) is 6.21. The Balaban J connectivity index is 1.61. The van der Waals surface area contributed by atoms with Crippen LogP contribution in [0.25, 0.3) is 10.9 Å². The molecular formula is C26H38N6O3. The van der Waals surface area contributed by atoms with E-state index in [1.165, 1.54) is 36.9 Å². The van der Waals surface area contributed by atoms with E-state index in [1.54, 1.807) is 14.2 Å². The number of carbonyl (C=O) groups is 1. The fourth-order valence-electron chi connectivity index (χ4n) is 4.71. The van der Waals surface area contributed by atoms with E-state index in [-0.39, 0.29) is 5.91 Å². The minimum Gasteiger partial charge on any atom is -0.493 e. The Morgan fingerprint density at radius 3 is 2.63 bits per heavy atom. The number of aromatic nitrogens is 2. The Morgan fingerprint density at radius 1 is 1.20 bits per heavy atom. The second kappa shape index (κ2) is 11.7. The number of nitrogens with one attached hydrogen (secondary N) is 1. The first-order valence-electron chi connectivity index (χ1n) is 12.6. The maximum absolute atomic E-state index is 12.3. The van der Waals surface area contributed by atoms with Crippen molar-refractivity contribution in [3.05, 3.63) is 24.8 Å². The van der Waals surface area contributed by atoms with Crippen LogP contribution in [0.3, 0.4) is 0 Å². The molecule has 0 unspecified atom stereocenters. The molecule has 2 aromatic rings. The second-order valence-corrected chi connectivity index (χ2v) is 9.47. The highest BCUT2D eigenvalue weighted by atomic mass is 16.5. The van der Waals surface area contributed by atoms with Crippen LogP contribution in [0, 0.1) is 0 Å². The van der Waals surface area contributed by atoms with Gasteiger partial charge in [0, 0.05) is 31.1 Å². The van der Waals surface area contributed by atoms with Gasteiger partial charge >= 0.3 is 0 Å². The van der Waals surface area contributed by atoms with Crippen molar-refractivity contribution in [3.8, 4) is 11.5 Å². The van der Waals surface area contributed by atoms with Gasteiger partial charge in [0.15, 0.2) is 11.5 Å². The van der Waals surface area contributed by atoms with Crippen molar-refractivity contribution in [2.24, 2.45) is 0 Å². The minimum atomic E-state index is -0.263. The van der Waals surface area contributed by atoms with Gasteiger partial charge in [-0.15, -0.1) is 0 Å². The molecule has 1 N–H and O–H groups in total. The molecule has 1 amide bonds. The number of anilines is 2. The number of fused-ring (bicyclic) bond motifs is 1. The molecule has 2 aliphatic rings. The number of likely N-dealkylation sites (N-methyl/N-ethyl adjacent to an activating group) is 1. The van der Waals surface area contributed by atoms with Crippen LogP contribution >= 0.6 is 0 Å². The molecule has 0 saturated carbocycles. The van der Waals surface area contributed by atoms with E-state index in [9.17, 15) is 4.79 Å². The maximum atomic E-state index is 12.3. The summed E-state index contributed by atoms with van der Waals surface area (Å²) >= 11 is 0. The van der Waals surface area contributed by atoms with E-state index in [4.69, 9.17) is 19.4 Å². The van der Waals surface area contributed by atoms with Gasteiger partial charge in [-0.25, -0.2) is 4.98 Å². The molecule has 2 fully saturated rings. The lowest BCUT2D eigenvalue weighted by molar-refractivity contribution is -0.113. The number of nitrogens with zero attached hydrogens (tertiary/aromatic N) is 5. The topological polar surface area (TPSA) is 83.1 Å². The molecule has 190 valence electrons. The zero-order valence-corrected chi connectivity index (χ0v) is 21.3. The molecule has 35 heavy (non-hydrogen) atoms. The van der Waals surface area contributed by atoms with Crippen molar-refractivity contribution in [2.45, 2.75) is 38.1 Å². The van der Waals surface area contributed by atoms with Gasteiger partial charge in [0.2, 0.25) is 5.95 Å². The van der Waals surface area contributed by atoms with Crippen LogP contribution in [0.15, 0.2) is 24.8 Å². The average Bonchev–Trinajstić information content (AvgIpc) is 3.40. The zero-order chi connectivity index (χ0) is 24.8. The molecule has 0 spiro atoms. The Morgan fingerprint density at radius 2 is 1.94 bits per heavy atom. The van der Waals surface area contributed by atoms with Crippen LogP contribution in [-0.4, -0.2) is 92.3 Å². The summed E-state index contributed by atoms with van der Waals surface area (Å²) in [5, 5.41) is 4.45. The molecule has 9 nitrogen and oxygen atoms in total. The van der Waals surface area contributed by atoms with Gasteiger partial charge in [0.25, 0.3) is 5.91 Å². The van der Waals surface area contributed by atoms with Gasteiger partial charge in [-0.05, 0) is 77.5 Å². The first kappa shape index (κ1) is 25.2. The summed E-state index contributed by atoms with van der Waals surface area (Å²) in [4.78, 5) is 27.9. The third-order valence-corrected chi connectivity index (χ3v) is 6.91. The lowest BCUT2D eigenvalue weighted by Gasteiger charge is -2.30. The van der Waals surface area contributed by atoms with Gasteiger partial charge in [-0.3, -0.25) is 9.69 Å². The Labute approximate surface area is 208 Å². The fraction of sp³-hybridized carbons (Fsp3) is 0.577. The first-order chi connectivity index (χ1) is 17.0. The number of likely N-dealkylation sites (tertiary alicyclic amines) is 2. The highest BCUT2D eigenvalue weighted by Crippen LogP contribution is 2.36. The van der Waals surface area contributed by atoms with Crippen molar-refractivity contribution in [2.75, 3.05) is 70.8 Å². The molecule has 0 atom stereocenters. The van der Waals surface area contributed by atoms with Crippen LogP contribution in [0.4, 0.5) is 11.8 Å². The lowest BCUT2D eigenvalue weighted by Crippen LogP contribution is -2.37. The molecule has 0 radical (unpaired) electrons. The van der Waals surface area contributed by atoms with Gasteiger partial charge < -0.3 is 24.6 Å². The van der Waals surface area contributed by atoms with E-state index in [0.717, 1.165) is 44.3 Å². The zero-order valence-electron chi connectivity index (χ0n) is 21.3. The fourth-order valence-corrected chi connectivity index (χ4v) is 4.71. The number of ether oxygens (including phenoxy) is 2. The Kier molecular flexibility index (Phi) is 8.41. The summed E-state index contributed by atoms with van der Waals surface area (Å²) < 4.78 is 11.8. The van der Waals surface area contributed by atoms with E-state index >= 15 is 0 Å². The summed E-state index contributed by atoms with van der Waals surface area (Å²) in [5.41, 5.74) is 0.699. The number of carbonyl (C=O) groups excluding carboxylic acids is 1. The van der Waals surface area contributed by atoms with Crippen LogP contribution in [-0.2, 0) is 4.79 Å². The summed E-state index contributed by atoms with van der Waals surface area (Å²) in [6.45, 7) is 9.66. The molecule has 0 bridgehead atoms. The average molecular weight is 483 g/mol. The van der Waals surface area contributed by atoms with Crippen LogP contribution in [0.1, 0.15) is 32.1 Å². The molecule has 1 aromatic carbocycles. The third-order valence-electron chi connectivity index (χ3n) is 6.91. The number of rotatable bonds is 10. The molecule has 0 aliphatic carbocycles. The first-order valence-corrected chi connectivity index (χ1v) is 12.6. The quantitative estimate of drug-likeness (QED) is 0.409. The van der Waals surface area contributed by atoms with Gasteiger partial charge in [-0.1, -0.05) is 6.58 Å². The van der Waals surface area contributed by atoms with Crippen LogP contribution in [0.5, 0.6) is 11.5 Å². The number of hydrogen-bond acceptors (Lipinski definition) is 8. The highest BCUT2D eigenvalue weighted by molar-refractivity contribution is 6.01. The number of methoxy groups -OCH3 is 1. The van der Waals surface area contributed by atoms with E-state index in [1.807, 2.05) is 12.1 Å². The number of benzene rings is 1. The lowest BCUT2D eigenvalue weighted by atomic mass is 10.1. The van der Waals surface area contributed by atoms with Crippen molar-refractivity contribution in [3.63, 3.8) is 0 Å². The van der Waals surface area contributed by atoms with E-state index in [0.29, 0.717) is 41.4 Å². The number of hydrogen-bond donors (Lipinski definition) is 1. The van der Waals surface area contributed by atoms with Crippen LogP contribution in [0.2, 0.25) is 0 Å². The molecule has 9 heteroatoms. The SMILES string of the molecule is C=CC(=O)N(C)c1nc(NC2CCN(C)CC2)c2cc(OC)c(OCCCN3CCCC3)cc2n1. The normalized spacial score (nSPS) is 17.5. The van der Waals surface area contributed by atoms with E-state index in [2.05, 4.69) is 28.7 Å². The van der Waals surface area contributed by atoms with Crippen molar-refractivity contribution in [1.29, 1.82) is 0 Å². The van der Waals surface area contributed by atoms with Gasteiger partial charge in [0.1, 0.15) is 5.82 Å². The van der Waals surface area contributed by atoms with E-state index < -0.39 is 0 Å². The molecule has 2 saturated heterocycles. The summed E-state index contributed by atoms with van der Waals surface area (Å²) in [6.07, 6.45) is 6.84. The van der Waals surface area contributed by atoms with Crippen molar-refractivity contribution >= 4 is 28.6 Å². The highest BCUT2D eigenvalue weighted by Gasteiger charge is 2.22. The predicted octanol–water partition coefficient (Wildman–Crippen LogP) is 3.16. The maximum Gasteiger partial charge on any atom is 0.252 e. The summed E-state index contributed by atoms with van der Waals surface area (Å²) in [5.74, 6) is 2.05. The summed E-state index contributed by atoms with van der Waals surface area (Å²) in [6, 6.07) is 4.12. The molecule has 2 aliphatic heterocycles. The largest absolute Gasteiger partial charge is 0.493 e. The number of piperidine rings is 1. The molecule has 4 rings (SSSR count). The Bertz CT molecular complexity index is 1030. The van der Waals surface area contributed by atoms with Crippen molar-refractivity contribution < 1.29 is 14.3 Å². The standard InChI is InChI=1S/C26H38N6O3/c1-5-24(33)31(3)26-28-21-18-23(35-16-8-13-32-11-6-7-12-32)22(34-4)17-20(21)25(29-26)27-19-9-14-30(2)15-10-19/h5,17-19H,1,6-16H2,2-4H3,(H,27,28,29). The van der Waals surface area contributed by atoms with Crippen LogP contribution < -0.4 is 19.7 Å². The number of amides is 1. The minimum absolute atomic E-state index is 0.263. The second-order valence-electron chi connectivity index (χ2n) is 9.47. The van der Waals surface area contributed by atoms with Gasteiger partial charge in [-0.2, -0.15) is 4.98 Å². The predicted molar refractivity (Wildman–Crippen MR) is 140 cm³/mol. The smallest absolute Gasteiger partial charge is 0.252 e. The molecule has 1 aromatic heterocycles. The molecular weight excluding hydrogens is 444 g/mol. The van der Waals surface area contributed by atoms with Crippen molar-refractivity contribution in [1.82, 2.24) is 19.8 Å². The Hall–Kier alpha value is -2.91. The van der Waals surface area contributed by atoms with Gasteiger partial charge in [0.05, 0.1) is 19.2 Å². The monoisotopic (exact) mass is 482 g/mol.